The van der Waals surface area contributed by atoms with Crippen molar-refractivity contribution in [2.75, 3.05) is 0 Å². The van der Waals surface area contributed by atoms with Crippen LogP contribution in [0.15, 0.2) is 0 Å². The lowest BCUT2D eigenvalue weighted by Crippen LogP contribution is -2.44. The Hall–Kier alpha value is -1.75. The van der Waals surface area contributed by atoms with Crippen LogP contribution in [0.2, 0.25) is 0 Å². The number of aliphatic hydroxyl groups excluding tert-OH is 4. The molecule has 0 radical (unpaired) electrons. The Kier molecular flexibility index (Phi) is 14.2. The molecule has 0 spiro atoms. The molecule has 5 N–H and O–H groups in total. The zero-order chi connectivity index (χ0) is 29.3. The van der Waals surface area contributed by atoms with Gasteiger partial charge >= 0.3 is 11.9 Å². The van der Waals surface area contributed by atoms with Crippen molar-refractivity contribution in [3.63, 3.8) is 0 Å². The van der Waals surface area contributed by atoms with Gasteiger partial charge in [-0.2, -0.15) is 0 Å². The highest BCUT2D eigenvalue weighted by atomic mass is 16.5. The summed E-state index contributed by atoms with van der Waals surface area (Å²) in [4.78, 5) is 37.1. The molecule has 1 rings (SSSR count). The summed E-state index contributed by atoms with van der Waals surface area (Å²) in [6.07, 6.45) is -3.59. The summed E-state index contributed by atoms with van der Waals surface area (Å²) in [5.74, 6) is -2.76. The molecular weight excluding hydrogens is 494 g/mol. The minimum atomic E-state index is -1.02. The summed E-state index contributed by atoms with van der Waals surface area (Å²) in [7, 11) is 0. The van der Waals surface area contributed by atoms with E-state index >= 15 is 0 Å². The summed E-state index contributed by atoms with van der Waals surface area (Å²) < 4.78 is 11.6. The fraction of sp³-hybridized carbons (Fsp3) is 0.893. The summed E-state index contributed by atoms with van der Waals surface area (Å²) in [5, 5.41) is 43.7. The van der Waals surface area contributed by atoms with Crippen molar-refractivity contribution < 1.29 is 44.3 Å². The Morgan fingerprint density at radius 1 is 1.03 bits per heavy atom. The number of amides is 1. The second kappa shape index (κ2) is 15.7. The van der Waals surface area contributed by atoms with Gasteiger partial charge in [-0.3, -0.25) is 9.59 Å². The molecule has 12 atom stereocenters. The highest BCUT2D eigenvalue weighted by molar-refractivity contribution is 5.84. The average molecular weight is 546 g/mol. The van der Waals surface area contributed by atoms with Crippen LogP contribution >= 0.6 is 0 Å². The normalized spacial score (nSPS) is 32.6. The lowest BCUT2D eigenvalue weighted by molar-refractivity contribution is -0.160. The Morgan fingerprint density at radius 2 is 1.63 bits per heavy atom. The summed E-state index contributed by atoms with van der Waals surface area (Å²) in [5.41, 5.74) is 0. The van der Waals surface area contributed by atoms with Gasteiger partial charge in [0, 0.05) is 12.8 Å². The zero-order valence-corrected chi connectivity index (χ0v) is 24.3. The number of hydrogen-bond donors (Lipinski definition) is 5. The van der Waals surface area contributed by atoms with Crippen molar-refractivity contribution in [2.24, 2.45) is 29.6 Å². The van der Waals surface area contributed by atoms with Crippen LogP contribution in [0.25, 0.3) is 0 Å². The Bertz CT molecular complexity index is 761. The van der Waals surface area contributed by atoms with Crippen molar-refractivity contribution >= 4 is 17.8 Å². The van der Waals surface area contributed by atoms with Gasteiger partial charge in [-0.25, -0.2) is 4.79 Å². The van der Waals surface area contributed by atoms with E-state index < -0.39 is 66.4 Å². The van der Waals surface area contributed by atoms with Gasteiger partial charge in [-0.15, -0.1) is 0 Å². The van der Waals surface area contributed by atoms with E-state index in [0.717, 1.165) is 0 Å². The molecule has 1 amide bonds. The lowest BCUT2D eigenvalue weighted by Gasteiger charge is -2.37. The molecule has 0 aromatic carbocycles. The van der Waals surface area contributed by atoms with Gasteiger partial charge in [0.1, 0.15) is 18.2 Å². The van der Waals surface area contributed by atoms with E-state index in [0.29, 0.717) is 12.8 Å². The number of carbonyl (C=O) groups is 3. The van der Waals surface area contributed by atoms with Crippen LogP contribution in [0.1, 0.15) is 87.5 Å². The van der Waals surface area contributed by atoms with Crippen LogP contribution in [0.3, 0.4) is 0 Å². The van der Waals surface area contributed by atoms with Gasteiger partial charge in [0.15, 0.2) is 0 Å². The Labute approximate surface area is 227 Å². The van der Waals surface area contributed by atoms with Crippen molar-refractivity contribution in [1.82, 2.24) is 5.32 Å². The largest absolute Gasteiger partial charge is 0.462 e. The molecule has 0 bridgehead atoms. The van der Waals surface area contributed by atoms with E-state index in [-0.39, 0.29) is 42.9 Å². The minimum Gasteiger partial charge on any atom is -0.462 e. The van der Waals surface area contributed by atoms with Crippen molar-refractivity contribution in [3.8, 4) is 0 Å². The number of carbonyl (C=O) groups excluding carboxylic acids is 3. The fourth-order valence-corrected chi connectivity index (χ4v) is 5.65. The Morgan fingerprint density at radius 3 is 2.18 bits per heavy atom. The highest BCUT2D eigenvalue weighted by Crippen LogP contribution is 2.33. The molecular formula is C28H51NO9. The summed E-state index contributed by atoms with van der Waals surface area (Å²) >= 11 is 0. The highest BCUT2D eigenvalue weighted by Gasteiger charge is 2.37. The van der Waals surface area contributed by atoms with E-state index in [1.165, 1.54) is 13.8 Å². The molecule has 0 saturated carbocycles. The number of cyclic esters (lactones) is 1. The first-order valence-corrected chi connectivity index (χ1v) is 13.9. The third-order valence-electron chi connectivity index (χ3n) is 7.75. The first-order chi connectivity index (χ1) is 17.5. The summed E-state index contributed by atoms with van der Waals surface area (Å²) in [6.45, 7) is 13.9. The van der Waals surface area contributed by atoms with Gasteiger partial charge in [-0.05, 0) is 63.2 Å². The summed E-state index contributed by atoms with van der Waals surface area (Å²) in [6, 6.07) is -0.915. The molecule has 1 heterocycles. The molecule has 10 heteroatoms. The minimum absolute atomic E-state index is 0.0541. The van der Waals surface area contributed by atoms with Gasteiger partial charge in [0.05, 0.1) is 30.8 Å². The Balaban J connectivity index is 3.17. The molecule has 0 aliphatic carbocycles. The van der Waals surface area contributed by atoms with Crippen LogP contribution in [0, 0.1) is 29.6 Å². The van der Waals surface area contributed by atoms with Crippen molar-refractivity contribution in [3.05, 3.63) is 0 Å². The number of hydrogen-bond acceptors (Lipinski definition) is 9. The molecule has 1 saturated heterocycles. The molecule has 10 nitrogen and oxygen atoms in total. The predicted molar refractivity (Wildman–Crippen MR) is 142 cm³/mol. The second-order valence-electron chi connectivity index (χ2n) is 11.8. The van der Waals surface area contributed by atoms with Crippen LogP contribution in [0.4, 0.5) is 0 Å². The van der Waals surface area contributed by atoms with Gasteiger partial charge < -0.3 is 35.2 Å². The molecule has 1 aliphatic rings. The third kappa shape index (κ3) is 11.2. The molecule has 0 aromatic rings. The van der Waals surface area contributed by atoms with Crippen molar-refractivity contribution in [2.45, 2.75) is 130 Å². The first-order valence-electron chi connectivity index (χ1n) is 13.9. The topological polar surface area (TPSA) is 163 Å². The van der Waals surface area contributed by atoms with Crippen LogP contribution < -0.4 is 5.32 Å². The van der Waals surface area contributed by atoms with E-state index in [2.05, 4.69) is 5.32 Å². The molecule has 222 valence electrons. The van der Waals surface area contributed by atoms with Crippen LogP contribution in [0.5, 0.6) is 0 Å². The average Bonchev–Trinajstić information content (AvgIpc) is 2.78. The number of ether oxygens (including phenoxy) is 2. The lowest BCUT2D eigenvalue weighted by atomic mass is 9.78. The molecule has 0 aromatic heterocycles. The second-order valence-corrected chi connectivity index (χ2v) is 11.8. The number of rotatable bonds is 9. The SMILES string of the molecule is CC(=O)O[C@H]([C@H](C)[C@H](O)C[C@H](C)O)[C@@H](C)C[C@H](C)C1OC(=O)[C@@H](C)NC(=O)C[C@@H](O)C[C@H](O)[C@H](C)C[C@H]1C. The standard InChI is InChI=1S/C28H51NO9/c1-14-9-15(2)26(38-28(36)20(7)29-25(35)13-22(32)12-23(14)33)16(3)10-17(4)27(37-21(8)31)19(6)24(34)11-18(5)30/h14-20,22-24,26-27,30,32-34H,9-13H2,1-8H3,(H,29,35)/t14-,15-,16+,17+,18+,19-,20-,22+,23+,24-,26?,27+/m1/s1. The quantitative estimate of drug-likeness (QED) is 0.273. The van der Waals surface area contributed by atoms with Gasteiger partial charge in [0.2, 0.25) is 5.91 Å². The molecule has 1 fully saturated rings. The van der Waals surface area contributed by atoms with Gasteiger partial charge in [0.25, 0.3) is 0 Å². The van der Waals surface area contributed by atoms with Crippen LogP contribution in [-0.4, -0.2) is 80.9 Å². The zero-order valence-electron chi connectivity index (χ0n) is 24.3. The molecule has 38 heavy (non-hydrogen) atoms. The number of nitrogens with one attached hydrogen (secondary N) is 1. The first kappa shape index (κ1) is 34.3. The maximum absolute atomic E-state index is 12.9. The third-order valence-corrected chi connectivity index (χ3v) is 7.75. The van der Waals surface area contributed by atoms with E-state index in [9.17, 15) is 34.8 Å². The maximum Gasteiger partial charge on any atom is 0.328 e. The number of aliphatic hydroxyl groups is 4. The van der Waals surface area contributed by atoms with Crippen LogP contribution in [-0.2, 0) is 23.9 Å². The van der Waals surface area contributed by atoms with Gasteiger partial charge in [-0.1, -0.05) is 34.6 Å². The van der Waals surface area contributed by atoms with Crippen molar-refractivity contribution in [1.29, 1.82) is 0 Å². The molecule has 1 unspecified atom stereocenters. The smallest absolute Gasteiger partial charge is 0.328 e. The van der Waals surface area contributed by atoms with E-state index in [1.807, 2.05) is 27.7 Å². The molecule has 1 aliphatic heterocycles. The monoisotopic (exact) mass is 545 g/mol. The van der Waals surface area contributed by atoms with E-state index in [1.54, 1.807) is 13.8 Å². The maximum atomic E-state index is 12.9. The fourth-order valence-electron chi connectivity index (χ4n) is 5.65. The van der Waals surface area contributed by atoms with E-state index in [4.69, 9.17) is 9.47 Å². The number of esters is 2. The predicted octanol–water partition coefficient (Wildman–Crippen LogP) is 1.94.